The van der Waals surface area contributed by atoms with Crippen LogP contribution < -0.4 is 0 Å². The van der Waals surface area contributed by atoms with Crippen LogP contribution in [0.4, 0.5) is 0 Å². The van der Waals surface area contributed by atoms with E-state index < -0.39 is 12.3 Å². The Balaban J connectivity index is 1.64. The number of amides is 2. The minimum atomic E-state index is -0.572. The number of carbonyl (C=O) groups excluding carboxylic acids is 2. The zero-order valence-corrected chi connectivity index (χ0v) is 18.5. The van der Waals surface area contributed by atoms with Crippen molar-refractivity contribution >= 4 is 22.7 Å². The average molecular weight is 434 g/mol. The summed E-state index contributed by atoms with van der Waals surface area (Å²) in [5.74, 6) is -0.142. The predicted octanol–water partition coefficient (Wildman–Crippen LogP) is 2.78. The monoisotopic (exact) mass is 433 g/mol. The van der Waals surface area contributed by atoms with Gasteiger partial charge in [0.05, 0.1) is 12.6 Å². The van der Waals surface area contributed by atoms with E-state index >= 15 is 0 Å². The molecule has 2 aliphatic heterocycles. The second-order valence-electron chi connectivity index (χ2n) is 8.46. The Hall–Kier alpha value is -3.16. The van der Waals surface area contributed by atoms with Crippen molar-refractivity contribution < 1.29 is 19.1 Å². The molecule has 2 aromatic carbocycles. The number of hydrogen-bond acceptors (Lipinski definition) is 4. The molecule has 3 aromatic rings. The Morgan fingerprint density at radius 2 is 1.78 bits per heavy atom. The van der Waals surface area contributed by atoms with Crippen LogP contribution in [0.2, 0.25) is 0 Å². The molecule has 1 N–H and O–H groups in total. The Bertz CT molecular complexity index is 1180. The molecule has 2 aliphatic rings. The van der Waals surface area contributed by atoms with Crippen molar-refractivity contribution in [3.05, 3.63) is 70.9 Å². The van der Waals surface area contributed by atoms with Gasteiger partial charge in [-0.25, -0.2) is 0 Å². The van der Waals surface area contributed by atoms with Crippen molar-refractivity contribution in [3.8, 4) is 0 Å². The molecule has 32 heavy (non-hydrogen) atoms. The number of aromatic nitrogens is 1. The van der Waals surface area contributed by atoms with Crippen LogP contribution >= 0.6 is 0 Å². The molecule has 1 saturated heterocycles. The number of methoxy groups -OCH3 is 2. The number of nitrogens with zero attached hydrogens (tertiary/aromatic N) is 2. The third-order valence-electron chi connectivity index (χ3n) is 6.72. The molecule has 7 nitrogen and oxygen atoms in total. The van der Waals surface area contributed by atoms with Crippen LogP contribution in [0.5, 0.6) is 0 Å². The number of hydrogen-bond donors (Lipinski definition) is 1. The number of benzene rings is 2. The Morgan fingerprint density at radius 1 is 1.06 bits per heavy atom. The van der Waals surface area contributed by atoms with Crippen LogP contribution in [0.15, 0.2) is 48.5 Å². The number of para-hydroxylation sites is 1. The van der Waals surface area contributed by atoms with E-state index in [4.69, 9.17) is 9.47 Å². The first-order valence-corrected chi connectivity index (χ1v) is 10.8. The fraction of sp³-hybridized carbons (Fsp3) is 0.360. The Kier molecular flexibility index (Phi) is 5.23. The standard InChI is InChI=1S/C25H27N3O4/c1-15-8-4-5-9-16(15)24-23-18(17-10-6-7-11-19(17)26-23)12-20-25(30)27(13-21(29)28(20)24)14-22(31-2)32-3/h4-11,20,22,24,26H,12-14H2,1-3H3. The second-order valence-corrected chi connectivity index (χ2v) is 8.46. The van der Waals surface area contributed by atoms with Crippen molar-refractivity contribution in [3.63, 3.8) is 0 Å². The van der Waals surface area contributed by atoms with E-state index in [1.54, 1.807) is 9.80 Å². The summed E-state index contributed by atoms with van der Waals surface area (Å²) in [5.41, 5.74) is 5.24. The van der Waals surface area contributed by atoms with Crippen molar-refractivity contribution in [2.24, 2.45) is 0 Å². The number of piperazine rings is 1. The third-order valence-corrected chi connectivity index (χ3v) is 6.72. The van der Waals surface area contributed by atoms with Gasteiger partial charge in [0, 0.05) is 37.2 Å². The highest BCUT2D eigenvalue weighted by atomic mass is 16.7. The maximum Gasteiger partial charge on any atom is 0.246 e. The van der Waals surface area contributed by atoms with E-state index in [1.165, 1.54) is 14.2 Å². The summed E-state index contributed by atoms with van der Waals surface area (Å²) < 4.78 is 10.6. The highest BCUT2D eigenvalue weighted by Gasteiger charge is 2.48. The Labute approximate surface area is 186 Å². The summed E-state index contributed by atoms with van der Waals surface area (Å²) in [4.78, 5) is 34.0. The molecular weight excluding hydrogens is 406 g/mol. The van der Waals surface area contributed by atoms with Gasteiger partial charge in [-0.3, -0.25) is 9.59 Å². The zero-order valence-electron chi connectivity index (χ0n) is 18.5. The largest absolute Gasteiger partial charge is 0.356 e. The van der Waals surface area contributed by atoms with Gasteiger partial charge < -0.3 is 24.3 Å². The molecule has 0 spiro atoms. The van der Waals surface area contributed by atoms with Crippen molar-refractivity contribution in [2.75, 3.05) is 27.3 Å². The van der Waals surface area contributed by atoms with Crippen LogP contribution in [0, 0.1) is 6.92 Å². The lowest BCUT2D eigenvalue weighted by molar-refractivity contribution is -0.167. The van der Waals surface area contributed by atoms with Gasteiger partial charge in [0.25, 0.3) is 0 Å². The van der Waals surface area contributed by atoms with Gasteiger partial charge in [0.1, 0.15) is 12.6 Å². The van der Waals surface area contributed by atoms with E-state index in [2.05, 4.69) is 11.1 Å². The third kappa shape index (κ3) is 3.20. The molecule has 166 valence electrons. The second kappa shape index (κ2) is 8.07. The number of carbonyl (C=O) groups is 2. The van der Waals surface area contributed by atoms with Crippen LogP contribution in [0.3, 0.4) is 0 Å². The average Bonchev–Trinajstić information content (AvgIpc) is 3.18. The van der Waals surface area contributed by atoms with Crippen LogP contribution in [0.25, 0.3) is 10.9 Å². The van der Waals surface area contributed by atoms with Crippen molar-refractivity contribution in [2.45, 2.75) is 31.7 Å². The molecule has 5 rings (SSSR count). The Morgan fingerprint density at radius 3 is 2.53 bits per heavy atom. The first-order valence-electron chi connectivity index (χ1n) is 10.8. The quantitative estimate of drug-likeness (QED) is 0.628. The van der Waals surface area contributed by atoms with Gasteiger partial charge in [-0.15, -0.1) is 0 Å². The topological polar surface area (TPSA) is 74.9 Å². The fourth-order valence-electron chi connectivity index (χ4n) is 5.12. The lowest BCUT2D eigenvalue weighted by atomic mass is 9.85. The van der Waals surface area contributed by atoms with E-state index in [9.17, 15) is 9.59 Å². The molecule has 1 aromatic heterocycles. The van der Waals surface area contributed by atoms with Gasteiger partial charge in [-0.2, -0.15) is 0 Å². The molecule has 2 unspecified atom stereocenters. The van der Waals surface area contributed by atoms with E-state index in [0.717, 1.165) is 33.3 Å². The SMILES string of the molecule is COC(CN1CC(=O)N2C(Cc3c([nH]c4ccccc34)C2c2ccccc2C)C1=O)OC. The molecule has 7 heteroatoms. The summed E-state index contributed by atoms with van der Waals surface area (Å²) in [7, 11) is 3.06. The van der Waals surface area contributed by atoms with Crippen molar-refractivity contribution in [1.29, 1.82) is 0 Å². The molecule has 0 aliphatic carbocycles. The molecule has 0 radical (unpaired) electrons. The lowest BCUT2D eigenvalue weighted by Gasteiger charge is -2.47. The first kappa shape index (κ1) is 20.7. The molecule has 1 fully saturated rings. The van der Waals surface area contributed by atoms with Gasteiger partial charge in [-0.1, -0.05) is 42.5 Å². The van der Waals surface area contributed by atoms with E-state index in [-0.39, 0.29) is 30.9 Å². The van der Waals surface area contributed by atoms with Crippen LogP contribution in [-0.2, 0) is 25.5 Å². The lowest BCUT2D eigenvalue weighted by Crippen LogP contribution is -2.64. The van der Waals surface area contributed by atoms with E-state index in [1.807, 2.05) is 49.4 Å². The number of nitrogens with one attached hydrogen (secondary N) is 1. The normalized spacial score (nSPS) is 20.8. The molecular formula is C25H27N3O4. The summed E-state index contributed by atoms with van der Waals surface area (Å²) in [6.07, 6.45) is -0.0920. The minimum absolute atomic E-state index is 0.0104. The number of H-pyrrole nitrogens is 1. The maximum atomic E-state index is 13.6. The minimum Gasteiger partial charge on any atom is -0.356 e. The molecule has 2 amide bonds. The fourth-order valence-corrected chi connectivity index (χ4v) is 5.12. The maximum absolute atomic E-state index is 13.6. The number of rotatable bonds is 5. The summed E-state index contributed by atoms with van der Waals surface area (Å²) in [6, 6.07) is 15.3. The van der Waals surface area contributed by atoms with Gasteiger partial charge >= 0.3 is 0 Å². The molecule has 3 heterocycles. The van der Waals surface area contributed by atoms with Crippen LogP contribution in [0.1, 0.15) is 28.4 Å². The predicted molar refractivity (Wildman–Crippen MR) is 120 cm³/mol. The summed E-state index contributed by atoms with van der Waals surface area (Å²) in [6.45, 7) is 2.28. The first-order chi connectivity index (χ1) is 15.5. The molecule has 2 atom stereocenters. The molecule has 0 saturated carbocycles. The van der Waals surface area contributed by atoms with Crippen molar-refractivity contribution in [1.82, 2.24) is 14.8 Å². The number of aromatic amines is 1. The smallest absolute Gasteiger partial charge is 0.246 e. The number of fused-ring (bicyclic) bond motifs is 4. The number of ether oxygens (including phenoxy) is 2. The number of aryl methyl sites for hydroxylation is 1. The van der Waals surface area contributed by atoms with Gasteiger partial charge in [-0.05, 0) is 29.7 Å². The van der Waals surface area contributed by atoms with Crippen LogP contribution in [-0.4, -0.2) is 66.2 Å². The highest BCUT2D eigenvalue weighted by Crippen LogP contribution is 2.43. The molecule has 0 bridgehead atoms. The summed E-state index contributed by atoms with van der Waals surface area (Å²) >= 11 is 0. The van der Waals surface area contributed by atoms with Gasteiger partial charge in [0.15, 0.2) is 6.29 Å². The van der Waals surface area contributed by atoms with E-state index in [0.29, 0.717) is 6.42 Å². The highest BCUT2D eigenvalue weighted by molar-refractivity contribution is 5.97. The van der Waals surface area contributed by atoms with Gasteiger partial charge in [0.2, 0.25) is 11.8 Å². The summed E-state index contributed by atoms with van der Waals surface area (Å²) in [5, 5.41) is 1.10. The zero-order chi connectivity index (χ0) is 22.4.